The Bertz CT molecular complexity index is 588. The molecule has 1 aromatic carbocycles. The van der Waals surface area contributed by atoms with Gasteiger partial charge < -0.3 is 4.74 Å². The Hall–Kier alpha value is -1.98. The SMILES string of the molecule is FC(F)(F)Oc1ccccc1-n1cc(C2CC2)cn1. The van der Waals surface area contributed by atoms with E-state index < -0.39 is 6.36 Å². The first-order valence-corrected chi connectivity index (χ1v) is 5.93. The van der Waals surface area contributed by atoms with Crippen LogP contribution in [0.15, 0.2) is 36.7 Å². The van der Waals surface area contributed by atoms with Gasteiger partial charge in [0, 0.05) is 6.20 Å². The highest BCUT2D eigenvalue weighted by molar-refractivity contribution is 5.46. The van der Waals surface area contributed by atoms with Crippen molar-refractivity contribution in [2.75, 3.05) is 0 Å². The van der Waals surface area contributed by atoms with Crippen LogP contribution in [0.4, 0.5) is 13.2 Å². The van der Waals surface area contributed by atoms with Gasteiger partial charge in [-0.3, -0.25) is 0 Å². The molecule has 0 saturated heterocycles. The van der Waals surface area contributed by atoms with Gasteiger partial charge >= 0.3 is 6.36 Å². The molecule has 0 spiro atoms. The van der Waals surface area contributed by atoms with Gasteiger partial charge in [-0.05, 0) is 36.5 Å². The number of benzene rings is 1. The van der Waals surface area contributed by atoms with E-state index in [0.717, 1.165) is 18.4 Å². The monoisotopic (exact) mass is 268 g/mol. The Kier molecular flexibility index (Phi) is 2.73. The van der Waals surface area contributed by atoms with Crippen molar-refractivity contribution in [3.05, 3.63) is 42.2 Å². The van der Waals surface area contributed by atoms with Crippen LogP contribution in [0.5, 0.6) is 5.75 Å². The van der Waals surface area contributed by atoms with Gasteiger partial charge in [-0.15, -0.1) is 13.2 Å². The highest BCUT2D eigenvalue weighted by Gasteiger charge is 2.32. The summed E-state index contributed by atoms with van der Waals surface area (Å²) in [5, 5.41) is 4.11. The van der Waals surface area contributed by atoms with Gasteiger partial charge in [0.1, 0.15) is 5.69 Å². The predicted octanol–water partition coefficient (Wildman–Crippen LogP) is 3.65. The molecule has 2 aromatic rings. The molecule has 0 radical (unpaired) electrons. The van der Waals surface area contributed by atoms with Crippen molar-refractivity contribution < 1.29 is 17.9 Å². The minimum Gasteiger partial charge on any atom is -0.403 e. The first-order chi connectivity index (χ1) is 9.03. The number of hydrogen-bond donors (Lipinski definition) is 0. The summed E-state index contributed by atoms with van der Waals surface area (Å²) < 4.78 is 42.4. The lowest BCUT2D eigenvalue weighted by Gasteiger charge is -2.12. The van der Waals surface area contributed by atoms with Crippen LogP contribution >= 0.6 is 0 Å². The Balaban J connectivity index is 1.94. The van der Waals surface area contributed by atoms with E-state index in [1.54, 1.807) is 24.5 Å². The maximum Gasteiger partial charge on any atom is 0.573 e. The van der Waals surface area contributed by atoms with Crippen molar-refractivity contribution in [1.82, 2.24) is 9.78 Å². The standard InChI is InChI=1S/C13H11F3N2O/c14-13(15,16)19-12-4-2-1-3-11(12)18-8-10(7-17-18)9-5-6-9/h1-4,7-9H,5-6H2. The van der Waals surface area contributed by atoms with E-state index in [4.69, 9.17) is 0 Å². The zero-order valence-corrected chi connectivity index (χ0v) is 9.89. The summed E-state index contributed by atoms with van der Waals surface area (Å²) in [5.41, 5.74) is 1.34. The van der Waals surface area contributed by atoms with E-state index in [2.05, 4.69) is 9.84 Å². The molecule has 1 heterocycles. The molecule has 0 atom stereocenters. The smallest absolute Gasteiger partial charge is 0.403 e. The molecule has 0 aliphatic heterocycles. The third-order valence-corrected chi connectivity index (χ3v) is 2.99. The molecule has 1 fully saturated rings. The maximum atomic E-state index is 12.3. The minimum absolute atomic E-state index is 0.250. The maximum absolute atomic E-state index is 12.3. The summed E-state index contributed by atoms with van der Waals surface area (Å²) in [6, 6.07) is 5.97. The Morgan fingerprint density at radius 2 is 1.95 bits per heavy atom. The first-order valence-electron chi connectivity index (χ1n) is 5.93. The summed E-state index contributed by atoms with van der Waals surface area (Å²) in [4.78, 5) is 0. The van der Waals surface area contributed by atoms with Gasteiger partial charge in [-0.2, -0.15) is 5.10 Å². The van der Waals surface area contributed by atoms with E-state index in [1.165, 1.54) is 16.8 Å². The van der Waals surface area contributed by atoms with Crippen molar-refractivity contribution in [3.63, 3.8) is 0 Å². The van der Waals surface area contributed by atoms with Crippen LogP contribution in [0.3, 0.4) is 0 Å². The average Bonchev–Trinajstić information content (AvgIpc) is 3.07. The molecular weight excluding hydrogens is 257 g/mol. The van der Waals surface area contributed by atoms with Gasteiger partial charge in [-0.25, -0.2) is 4.68 Å². The van der Waals surface area contributed by atoms with Gasteiger partial charge in [0.15, 0.2) is 5.75 Å². The van der Waals surface area contributed by atoms with Gasteiger partial charge in [0.25, 0.3) is 0 Å². The van der Waals surface area contributed by atoms with Crippen LogP contribution in [0.1, 0.15) is 24.3 Å². The quantitative estimate of drug-likeness (QED) is 0.849. The van der Waals surface area contributed by atoms with Gasteiger partial charge in [0.05, 0.1) is 6.20 Å². The number of nitrogens with zero attached hydrogens (tertiary/aromatic N) is 2. The largest absolute Gasteiger partial charge is 0.573 e. The normalized spacial score (nSPS) is 15.5. The molecule has 6 heteroatoms. The minimum atomic E-state index is -4.71. The second-order valence-electron chi connectivity index (χ2n) is 4.51. The van der Waals surface area contributed by atoms with E-state index in [1.807, 2.05) is 0 Å². The number of ether oxygens (including phenoxy) is 1. The summed E-state index contributed by atoms with van der Waals surface area (Å²) in [7, 11) is 0. The number of alkyl halides is 3. The number of para-hydroxylation sites is 2. The lowest BCUT2D eigenvalue weighted by molar-refractivity contribution is -0.274. The summed E-state index contributed by atoms with van der Waals surface area (Å²) in [6.45, 7) is 0. The molecule has 19 heavy (non-hydrogen) atoms. The topological polar surface area (TPSA) is 27.1 Å². The molecular formula is C13H11F3N2O. The van der Waals surface area contributed by atoms with E-state index >= 15 is 0 Å². The number of rotatable bonds is 3. The van der Waals surface area contributed by atoms with Crippen molar-refractivity contribution in [2.24, 2.45) is 0 Å². The zero-order valence-electron chi connectivity index (χ0n) is 9.89. The molecule has 0 unspecified atom stereocenters. The predicted molar refractivity (Wildman–Crippen MR) is 62.2 cm³/mol. The molecule has 100 valence electrons. The van der Waals surface area contributed by atoms with Crippen molar-refractivity contribution >= 4 is 0 Å². The molecule has 0 bridgehead atoms. The van der Waals surface area contributed by atoms with Gasteiger partial charge in [0.2, 0.25) is 0 Å². The number of aromatic nitrogens is 2. The fourth-order valence-electron chi connectivity index (χ4n) is 1.95. The Labute approximate surface area is 107 Å². The van der Waals surface area contributed by atoms with Crippen LogP contribution < -0.4 is 4.74 Å². The third-order valence-electron chi connectivity index (χ3n) is 2.99. The molecule has 0 amide bonds. The molecule has 1 saturated carbocycles. The van der Waals surface area contributed by atoms with Crippen LogP contribution in [-0.2, 0) is 0 Å². The fraction of sp³-hybridized carbons (Fsp3) is 0.308. The van der Waals surface area contributed by atoms with Crippen molar-refractivity contribution in [3.8, 4) is 11.4 Å². The molecule has 3 rings (SSSR count). The highest BCUT2D eigenvalue weighted by atomic mass is 19.4. The van der Waals surface area contributed by atoms with Crippen LogP contribution in [-0.4, -0.2) is 16.1 Å². The molecule has 1 aliphatic rings. The van der Waals surface area contributed by atoms with Crippen LogP contribution in [0.25, 0.3) is 5.69 Å². The van der Waals surface area contributed by atoms with Crippen molar-refractivity contribution in [2.45, 2.75) is 25.1 Å². The average molecular weight is 268 g/mol. The molecule has 3 nitrogen and oxygen atoms in total. The van der Waals surface area contributed by atoms with Gasteiger partial charge in [-0.1, -0.05) is 12.1 Å². The zero-order chi connectivity index (χ0) is 13.5. The summed E-state index contributed by atoms with van der Waals surface area (Å²) in [6.07, 6.45) is 0.986. The van der Waals surface area contributed by atoms with Crippen LogP contribution in [0.2, 0.25) is 0 Å². The first kappa shape index (κ1) is 12.1. The second-order valence-corrected chi connectivity index (χ2v) is 4.51. The lowest BCUT2D eigenvalue weighted by atomic mass is 10.2. The lowest BCUT2D eigenvalue weighted by Crippen LogP contribution is -2.18. The number of hydrogen-bond acceptors (Lipinski definition) is 2. The van der Waals surface area contributed by atoms with Crippen LogP contribution in [0, 0.1) is 0 Å². The molecule has 0 N–H and O–H groups in total. The Morgan fingerprint density at radius 3 is 2.63 bits per heavy atom. The summed E-state index contributed by atoms with van der Waals surface area (Å²) >= 11 is 0. The third kappa shape index (κ3) is 2.72. The van der Waals surface area contributed by atoms with Crippen molar-refractivity contribution in [1.29, 1.82) is 0 Å². The second kappa shape index (κ2) is 4.29. The van der Waals surface area contributed by atoms with E-state index in [-0.39, 0.29) is 11.4 Å². The number of halogens is 3. The highest BCUT2D eigenvalue weighted by Crippen LogP contribution is 2.40. The summed E-state index contributed by atoms with van der Waals surface area (Å²) in [5.74, 6) is 0.255. The fourth-order valence-corrected chi connectivity index (χ4v) is 1.95. The molecule has 1 aromatic heterocycles. The molecule has 1 aliphatic carbocycles. The Morgan fingerprint density at radius 1 is 1.21 bits per heavy atom. The van der Waals surface area contributed by atoms with E-state index in [0.29, 0.717) is 5.92 Å². The van der Waals surface area contributed by atoms with E-state index in [9.17, 15) is 13.2 Å².